The molecule has 0 aromatic heterocycles. The van der Waals surface area contributed by atoms with E-state index in [0.29, 0.717) is 0 Å². The second-order valence-electron chi connectivity index (χ2n) is 4.57. The van der Waals surface area contributed by atoms with Crippen molar-refractivity contribution in [2.45, 2.75) is 17.9 Å². The van der Waals surface area contributed by atoms with Crippen LogP contribution in [0, 0.1) is 6.92 Å². The molecule has 20 heavy (non-hydrogen) atoms. The molecule has 1 atom stereocenters. The second-order valence-corrected chi connectivity index (χ2v) is 5.45. The summed E-state index contributed by atoms with van der Waals surface area (Å²) in [5.41, 5.74) is 8.41. The van der Waals surface area contributed by atoms with Crippen molar-refractivity contribution in [2.75, 3.05) is 11.6 Å². The first-order chi connectivity index (χ1) is 9.61. The number of hydrogen-bond acceptors (Lipinski definition) is 3. The summed E-state index contributed by atoms with van der Waals surface area (Å²) < 4.78 is 0. The number of carbonyl (C=O) groups excluding carboxylic acids is 1. The molecule has 3 nitrogen and oxygen atoms in total. The van der Waals surface area contributed by atoms with Gasteiger partial charge in [0.05, 0.1) is 0 Å². The molecule has 2 aromatic rings. The lowest BCUT2D eigenvalue weighted by Crippen LogP contribution is -2.27. The van der Waals surface area contributed by atoms with Crippen LogP contribution in [-0.2, 0) is 4.79 Å². The molecule has 1 amide bonds. The Hall–Kier alpha value is -1.94. The first kappa shape index (κ1) is 14.5. The normalized spacial score (nSPS) is 11.9. The van der Waals surface area contributed by atoms with Crippen molar-refractivity contribution < 1.29 is 4.79 Å². The van der Waals surface area contributed by atoms with Crippen LogP contribution in [0.3, 0.4) is 0 Å². The quantitative estimate of drug-likeness (QED) is 0.829. The van der Waals surface area contributed by atoms with Crippen LogP contribution >= 0.6 is 11.8 Å². The van der Waals surface area contributed by atoms with Crippen LogP contribution < -0.4 is 11.1 Å². The summed E-state index contributed by atoms with van der Waals surface area (Å²) in [7, 11) is 0. The fraction of sp³-hybridized carbons (Fsp3) is 0.188. The molecular formula is C16H18N2OS. The summed E-state index contributed by atoms with van der Waals surface area (Å²) in [6, 6.07) is 15.2. The number of amides is 1. The summed E-state index contributed by atoms with van der Waals surface area (Å²) in [6.45, 7) is 2.00. The summed E-state index contributed by atoms with van der Waals surface area (Å²) in [5, 5.41) is 3.22. The van der Waals surface area contributed by atoms with Crippen molar-refractivity contribution in [3.8, 4) is 0 Å². The Kier molecular flexibility index (Phi) is 4.69. The minimum Gasteiger partial charge on any atom is -0.370 e. The molecule has 0 aliphatic carbocycles. The number of rotatable bonds is 5. The smallest absolute Gasteiger partial charge is 0.244 e. The zero-order chi connectivity index (χ0) is 14.5. The van der Waals surface area contributed by atoms with Gasteiger partial charge in [-0.25, -0.2) is 0 Å². The molecule has 0 spiro atoms. The Morgan fingerprint density at radius 3 is 2.35 bits per heavy atom. The molecule has 3 N–H and O–H groups in total. The minimum atomic E-state index is -0.521. The molecule has 0 aliphatic rings. The Morgan fingerprint density at radius 1 is 1.15 bits per heavy atom. The molecule has 0 aliphatic heterocycles. The SMILES string of the molecule is CSc1ccc(C(Nc2ccccc2C)C(N)=O)cc1. The van der Waals surface area contributed by atoms with E-state index < -0.39 is 6.04 Å². The van der Waals surface area contributed by atoms with E-state index >= 15 is 0 Å². The highest BCUT2D eigenvalue weighted by molar-refractivity contribution is 7.98. The lowest BCUT2D eigenvalue weighted by molar-refractivity contribution is -0.118. The summed E-state index contributed by atoms with van der Waals surface area (Å²) in [5.74, 6) is -0.384. The highest BCUT2D eigenvalue weighted by Crippen LogP contribution is 2.24. The largest absolute Gasteiger partial charge is 0.370 e. The van der Waals surface area contributed by atoms with E-state index in [0.717, 1.165) is 21.7 Å². The maximum absolute atomic E-state index is 11.7. The van der Waals surface area contributed by atoms with E-state index in [2.05, 4.69) is 5.32 Å². The number of aryl methyl sites for hydroxylation is 1. The van der Waals surface area contributed by atoms with Crippen LogP contribution in [0.1, 0.15) is 17.2 Å². The van der Waals surface area contributed by atoms with Crippen LogP contribution in [0.4, 0.5) is 5.69 Å². The number of carbonyl (C=O) groups is 1. The van der Waals surface area contributed by atoms with Gasteiger partial charge < -0.3 is 11.1 Å². The number of primary amides is 1. The maximum atomic E-state index is 11.7. The molecule has 0 radical (unpaired) electrons. The Labute approximate surface area is 123 Å². The van der Waals surface area contributed by atoms with Gasteiger partial charge >= 0.3 is 0 Å². The van der Waals surface area contributed by atoms with Gasteiger partial charge in [-0.3, -0.25) is 4.79 Å². The van der Waals surface area contributed by atoms with Gasteiger partial charge in [-0.15, -0.1) is 11.8 Å². The van der Waals surface area contributed by atoms with Gasteiger partial charge in [-0.2, -0.15) is 0 Å². The molecule has 104 valence electrons. The molecule has 2 rings (SSSR count). The number of hydrogen-bond donors (Lipinski definition) is 2. The van der Waals surface area contributed by atoms with E-state index in [1.807, 2.05) is 61.7 Å². The number of nitrogens with one attached hydrogen (secondary N) is 1. The second kappa shape index (κ2) is 6.48. The predicted octanol–water partition coefficient (Wildman–Crippen LogP) is 3.36. The molecule has 4 heteroatoms. The van der Waals surface area contributed by atoms with Crippen LogP contribution in [0.2, 0.25) is 0 Å². The average Bonchev–Trinajstić information content (AvgIpc) is 2.46. The molecule has 1 unspecified atom stereocenters. The third-order valence-corrected chi connectivity index (χ3v) is 3.92. The number of anilines is 1. The Bertz CT molecular complexity index is 596. The number of para-hydroxylation sites is 1. The zero-order valence-electron chi connectivity index (χ0n) is 11.6. The van der Waals surface area contributed by atoms with Gasteiger partial charge in [-0.05, 0) is 42.5 Å². The highest BCUT2D eigenvalue weighted by atomic mass is 32.2. The Morgan fingerprint density at radius 2 is 1.80 bits per heavy atom. The fourth-order valence-corrected chi connectivity index (χ4v) is 2.41. The minimum absolute atomic E-state index is 0.384. The third-order valence-electron chi connectivity index (χ3n) is 3.18. The average molecular weight is 286 g/mol. The summed E-state index contributed by atoms with van der Waals surface area (Å²) in [6.07, 6.45) is 2.02. The van der Waals surface area contributed by atoms with Gasteiger partial charge in [0.1, 0.15) is 6.04 Å². The molecule has 0 heterocycles. The standard InChI is InChI=1S/C16H18N2OS/c1-11-5-3-4-6-14(11)18-15(16(17)19)12-7-9-13(20-2)10-8-12/h3-10,15,18H,1-2H3,(H2,17,19). The summed E-state index contributed by atoms with van der Waals surface area (Å²) >= 11 is 1.67. The van der Waals surface area contributed by atoms with Gasteiger partial charge in [0.25, 0.3) is 0 Å². The van der Waals surface area contributed by atoms with E-state index in [-0.39, 0.29) is 5.91 Å². The molecule has 0 fully saturated rings. The van der Waals surface area contributed by atoms with Crippen molar-refractivity contribution in [1.82, 2.24) is 0 Å². The van der Waals surface area contributed by atoms with E-state index in [4.69, 9.17) is 5.73 Å². The van der Waals surface area contributed by atoms with Crippen LogP contribution in [-0.4, -0.2) is 12.2 Å². The van der Waals surface area contributed by atoms with Gasteiger partial charge in [0.15, 0.2) is 0 Å². The number of thioether (sulfide) groups is 1. The first-order valence-corrected chi connectivity index (χ1v) is 7.59. The molecular weight excluding hydrogens is 268 g/mol. The zero-order valence-corrected chi connectivity index (χ0v) is 12.4. The van der Waals surface area contributed by atoms with Crippen molar-refractivity contribution in [3.63, 3.8) is 0 Å². The molecule has 0 saturated heterocycles. The lowest BCUT2D eigenvalue weighted by Gasteiger charge is -2.18. The van der Waals surface area contributed by atoms with Gasteiger partial charge in [-0.1, -0.05) is 30.3 Å². The van der Waals surface area contributed by atoms with Crippen LogP contribution in [0.5, 0.6) is 0 Å². The number of nitrogens with two attached hydrogens (primary N) is 1. The first-order valence-electron chi connectivity index (χ1n) is 6.37. The van der Waals surface area contributed by atoms with Crippen molar-refractivity contribution in [1.29, 1.82) is 0 Å². The van der Waals surface area contributed by atoms with Gasteiger partial charge in [0.2, 0.25) is 5.91 Å². The maximum Gasteiger partial charge on any atom is 0.244 e. The third kappa shape index (κ3) is 3.33. The number of benzene rings is 2. The van der Waals surface area contributed by atoms with Crippen molar-refractivity contribution >= 4 is 23.4 Å². The van der Waals surface area contributed by atoms with E-state index in [1.54, 1.807) is 11.8 Å². The van der Waals surface area contributed by atoms with E-state index in [1.165, 1.54) is 0 Å². The predicted molar refractivity (Wildman–Crippen MR) is 85.0 cm³/mol. The fourth-order valence-electron chi connectivity index (χ4n) is 2.01. The summed E-state index contributed by atoms with van der Waals surface area (Å²) in [4.78, 5) is 12.9. The van der Waals surface area contributed by atoms with Crippen molar-refractivity contribution in [3.05, 3.63) is 59.7 Å². The monoisotopic (exact) mass is 286 g/mol. The Balaban J connectivity index is 2.27. The topological polar surface area (TPSA) is 55.1 Å². The lowest BCUT2D eigenvalue weighted by atomic mass is 10.1. The molecule has 0 bridgehead atoms. The van der Waals surface area contributed by atoms with Crippen LogP contribution in [0.15, 0.2) is 53.4 Å². The van der Waals surface area contributed by atoms with Crippen molar-refractivity contribution in [2.24, 2.45) is 5.73 Å². The molecule has 0 saturated carbocycles. The van der Waals surface area contributed by atoms with E-state index in [9.17, 15) is 4.79 Å². The molecule has 2 aromatic carbocycles. The van der Waals surface area contributed by atoms with Gasteiger partial charge in [0, 0.05) is 10.6 Å². The van der Waals surface area contributed by atoms with Crippen LogP contribution in [0.25, 0.3) is 0 Å². The highest BCUT2D eigenvalue weighted by Gasteiger charge is 2.18.